The van der Waals surface area contributed by atoms with Crippen molar-refractivity contribution in [3.63, 3.8) is 0 Å². The van der Waals surface area contributed by atoms with Crippen molar-refractivity contribution in [2.45, 2.75) is 24.3 Å². The summed E-state index contributed by atoms with van der Waals surface area (Å²) in [5.41, 5.74) is 4.95. The van der Waals surface area contributed by atoms with Gasteiger partial charge in [0.05, 0.1) is 10.6 Å². The molecule has 0 spiro atoms. The molecule has 8 heteroatoms. The zero-order valence-corrected chi connectivity index (χ0v) is 12.9. The first-order chi connectivity index (χ1) is 8.17. The van der Waals surface area contributed by atoms with E-state index in [4.69, 9.17) is 22.6 Å². The van der Waals surface area contributed by atoms with E-state index in [1.807, 2.05) is 0 Å². The Bertz CT molecular complexity index is 589. The van der Waals surface area contributed by atoms with E-state index < -0.39 is 15.6 Å². The number of sulfonamides is 1. The average molecular weight is 324 g/mol. The zero-order chi connectivity index (χ0) is 14.0. The van der Waals surface area contributed by atoms with Crippen molar-refractivity contribution in [2.24, 2.45) is 5.73 Å². The molecule has 0 aromatic heterocycles. The Morgan fingerprint density at radius 1 is 1.47 bits per heavy atom. The molecular weight excluding hydrogens is 309 g/mol. The van der Waals surface area contributed by atoms with Gasteiger partial charge in [-0.3, -0.25) is 0 Å². The summed E-state index contributed by atoms with van der Waals surface area (Å²) in [6, 6.07) is 6.06. The quantitative estimate of drug-likeness (QED) is 0.880. The van der Waals surface area contributed by atoms with E-state index in [9.17, 15) is 8.42 Å². The Morgan fingerprint density at radius 3 is 2.53 bits per heavy atom. The van der Waals surface area contributed by atoms with Crippen LogP contribution >= 0.6 is 24.0 Å². The molecule has 0 amide bonds. The molecule has 0 aliphatic heterocycles. The standard InChI is InChI=1S/C11H14ClN3O2S.ClH/c1-11(2,14)7-15-18(16,17)10-5-3-4-9(12)8(10)6-13;/h3-5,15H,7,14H2,1-2H3;1H. The molecular formula is C11H15Cl2N3O2S. The van der Waals surface area contributed by atoms with Crippen molar-refractivity contribution >= 4 is 34.0 Å². The minimum Gasteiger partial charge on any atom is -0.324 e. The summed E-state index contributed by atoms with van der Waals surface area (Å²) in [6.07, 6.45) is 0. The van der Waals surface area contributed by atoms with Gasteiger partial charge in [-0.2, -0.15) is 5.26 Å². The highest BCUT2D eigenvalue weighted by atomic mass is 35.5. The van der Waals surface area contributed by atoms with Crippen LogP contribution in [0.15, 0.2) is 23.1 Å². The second-order valence-electron chi connectivity index (χ2n) is 4.54. The Morgan fingerprint density at radius 2 is 2.05 bits per heavy atom. The number of nitrogens with zero attached hydrogens (tertiary/aromatic N) is 1. The number of benzene rings is 1. The molecule has 0 unspecified atom stereocenters. The summed E-state index contributed by atoms with van der Waals surface area (Å²) in [5, 5.41) is 9.04. The average Bonchev–Trinajstić information content (AvgIpc) is 2.25. The van der Waals surface area contributed by atoms with Crippen LogP contribution in [0.1, 0.15) is 19.4 Å². The van der Waals surface area contributed by atoms with Crippen LogP contribution in [0.2, 0.25) is 5.02 Å². The summed E-state index contributed by atoms with van der Waals surface area (Å²) < 4.78 is 26.4. The minimum atomic E-state index is -3.80. The fourth-order valence-corrected chi connectivity index (χ4v) is 2.87. The smallest absolute Gasteiger partial charge is 0.242 e. The van der Waals surface area contributed by atoms with Crippen molar-refractivity contribution in [1.82, 2.24) is 4.72 Å². The van der Waals surface area contributed by atoms with E-state index in [2.05, 4.69) is 4.72 Å². The number of nitrogens with one attached hydrogen (secondary N) is 1. The summed E-state index contributed by atoms with van der Waals surface area (Å²) in [4.78, 5) is -0.137. The van der Waals surface area contributed by atoms with E-state index in [1.165, 1.54) is 18.2 Å². The highest BCUT2D eigenvalue weighted by molar-refractivity contribution is 7.89. The number of nitriles is 1. The van der Waals surface area contributed by atoms with Gasteiger partial charge in [0.2, 0.25) is 10.0 Å². The van der Waals surface area contributed by atoms with Crippen LogP contribution < -0.4 is 10.5 Å². The molecule has 0 aliphatic carbocycles. The van der Waals surface area contributed by atoms with Gasteiger partial charge in [-0.25, -0.2) is 13.1 Å². The second kappa shape index (κ2) is 6.55. The maximum absolute atomic E-state index is 12.0. The van der Waals surface area contributed by atoms with E-state index in [-0.39, 0.29) is 34.4 Å². The second-order valence-corrected chi connectivity index (χ2v) is 6.68. The summed E-state index contributed by atoms with van der Waals surface area (Å²) in [7, 11) is -3.80. The molecule has 1 rings (SSSR count). The lowest BCUT2D eigenvalue weighted by molar-refractivity contribution is 0.498. The van der Waals surface area contributed by atoms with Gasteiger partial charge >= 0.3 is 0 Å². The molecule has 1 aromatic carbocycles. The number of hydrogen-bond donors (Lipinski definition) is 2. The van der Waals surface area contributed by atoms with Gasteiger partial charge in [0.25, 0.3) is 0 Å². The molecule has 0 atom stereocenters. The molecule has 1 aromatic rings. The largest absolute Gasteiger partial charge is 0.324 e. The van der Waals surface area contributed by atoms with Gasteiger partial charge in [0.15, 0.2) is 0 Å². The highest BCUT2D eigenvalue weighted by Crippen LogP contribution is 2.22. The van der Waals surface area contributed by atoms with Gasteiger partial charge in [-0.1, -0.05) is 17.7 Å². The van der Waals surface area contributed by atoms with Crippen LogP contribution in [0.25, 0.3) is 0 Å². The summed E-state index contributed by atoms with van der Waals surface area (Å²) in [5.74, 6) is 0. The minimum absolute atomic E-state index is 0. The third-order valence-electron chi connectivity index (χ3n) is 2.09. The van der Waals surface area contributed by atoms with Crippen molar-refractivity contribution < 1.29 is 8.42 Å². The molecule has 3 N–H and O–H groups in total. The van der Waals surface area contributed by atoms with Crippen LogP contribution in [-0.2, 0) is 10.0 Å². The van der Waals surface area contributed by atoms with Gasteiger partial charge < -0.3 is 5.73 Å². The van der Waals surface area contributed by atoms with Crippen molar-refractivity contribution in [1.29, 1.82) is 5.26 Å². The third-order valence-corrected chi connectivity index (χ3v) is 3.85. The van der Waals surface area contributed by atoms with E-state index in [0.29, 0.717) is 0 Å². The first-order valence-electron chi connectivity index (χ1n) is 5.14. The molecule has 0 saturated carbocycles. The fraction of sp³-hybridized carbons (Fsp3) is 0.364. The van der Waals surface area contributed by atoms with Crippen molar-refractivity contribution in [3.05, 3.63) is 28.8 Å². The molecule has 0 saturated heterocycles. The van der Waals surface area contributed by atoms with E-state index >= 15 is 0 Å². The number of hydrogen-bond acceptors (Lipinski definition) is 4. The predicted octanol–water partition coefficient (Wildman–Crippen LogP) is 1.65. The van der Waals surface area contributed by atoms with Gasteiger partial charge in [0, 0.05) is 12.1 Å². The lowest BCUT2D eigenvalue weighted by Crippen LogP contribution is -2.45. The lowest BCUT2D eigenvalue weighted by atomic mass is 10.1. The Balaban J connectivity index is 0.00000324. The molecule has 0 heterocycles. The van der Waals surface area contributed by atoms with E-state index in [0.717, 1.165) is 0 Å². The van der Waals surface area contributed by atoms with Crippen LogP contribution in [0.4, 0.5) is 0 Å². The van der Waals surface area contributed by atoms with Crippen LogP contribution in [0, 0.1) is 11.3 Å². The first-order valence-corrected chi connectivity index (χ1v) is 7.01. The van der Waals surface area contributed by atoms with Gasteiger partial charge in [0.1, 0.15) is 11.0 Å². The number of rotatable bonds is 4. The maximum Gasteiger partial charge on any atom is 0.242 e. The number of halogens is 2. The molecule has 0 radical (unpaired) electrons. The Labute approximate surface area is 124 Å². The summed E-state index contributed by atoms with van der Waals surface area (Å²) in [6.45, 7) is 3.45. The topological polar surface area (TPSA) is 96.0 Å². The normalized spacial score (nSPS) is 11.5. The molecule has 0 bridgehead atoms. The molecule has 0 aliphatic rings. The fourth-order valence-electron chi connectivity index (χ4n) is 1.20. The van der Waals surface area contributed by atoms with Crippen LogP contribution in [-0.4, -0.2) is 20.5 Å². The third kappa shape index (κ3) is 4.97. The van der Waals surface area contributed by atoms with Crippen molar-refractivity contribution in [2.75, 3.05) is 6.54 Å². The molecule has 106 valence electrons. The molecule has 5 nitrogen and oxygen atoms in total. The zero-order valence-electron chi connectivity index (χ0n) is 10.5. The predicted molar refractivity (Wildman–Crippen MR) is 76.9 cm³/mol. The molecule has 19 heavy (non-hydrogen) atoms. The van der Waals surface area contributed by atoms with Gasteiger partial charge in [-0.05, 0) is 26.0 Å². The number of nitrogens with two attached hydrogens (primary N) is 1. The monoisotopic (exact) mass is 323 g/mol. The van der Waals surface area contributed by atoms with Gasteiger partial charge in [-0.15, -0.1) is 12.4 Å². The SMILES string of the molecule is CC(C)(N)CNS(=O)(=O)c1cccc(Cl)c1C#N.Cl. The van der Waals surface area contributed by atoms with Crippen molar-refractivity contribution in [3.8, 4) is 6.07 Å². The van der Waals surface area contributed by atoms with Crippen LogP contribution in [0.3, 0.4) is 0 Å². The maximum atomic E-state index is 12.0. The Hall–Kier alpha value is -0.840. The van der Waals surface area contributed by atoms with E-state index in [1.54, 1.807) is 19.9 Å². The van der Waals surface area contributed by atoms with Crippen LogP contribution in [0.5, 0.6) is 0 Å². The highest BCUT2D eigenvalue weighted by Gasteiger charge is 2.22. The Kier molecular flexibility index (Phi) is 6.26. The first kappa shape index (κ1) is 18.2. The molecule has 0 fully saturated rings. The lowest BCUT2D eigenvalue weighted by Gasteiger charge is -2.19. The summed E-state index contributed by atoms with van der Waals surface area (Å²) >= 11 is 5.79.